The van der Waals surface area contributed by atoms with E-state index in [-0.39, 0.29) is 0 Å². The van der Waals surface area contributed by atoms with E-state index in [1.165, 1.54) is 0 Å². The summed E-state index contributed by atoms with van der Waals surface area (Å²) in [5.41, 5.74) is 6.43. The normalized spacial score (nSPS) is 10.2. The third-order valence-corrected chi connectivity index (χ3v) is 2.50. The van der Waals surface area contributed by atoms with E-state index < -0.39 is 0 Å². The Labute approximate surface area is 101 Å². The lowest BCUT2D eigenvalue weighted by molar-refractivity contribution is 0.550. The van der Waals surface area contributed by atoms with Crippen molar-refractivity contribution in [2.75, 3.05) is 5.73 Å². The predicted octanol–water partition coefficient (Wildman–Crippen LogP) is 2.40. The molecule has 0 radical (unpaired) electrons. The fraction of sp³-hybridized carbons (Fsp3) is 0.200. The third-order valence-electron chi connectivity index (χ3n) is 2.07. The van der Waals surface area contributed by atoms with E-state index in [2.05, 4.69) is 21.0 Å². The van der Waals surface area contributed by atoms with Crippen molar-refractivity contribution >= 4 is 21.7 Å². The smallest absolute Gasteiger partial charge is 0.169 e. The first-order valence-corrected chi connectivity index (χ1v) is 5.46. The van der Waals surface area contributed by atoms with Gasteiger partial charge in [0, 0.05) is 6.07 Å². The number of hydrogen-bond acceptors (Lipinski definition) is 4. The number of aryl methyl sites for hydroxylation is 1. The van der Waals surface area contributed by atoms with Gasteiger partial charge < -0.3 is 10.2 Å². The number of halogens is 1. The molecule has 2 heterocycles. The zero-order valence-electron chi connectivity index (χ0n) is 8.35. The molecule has 82 valence electrons. The summed E-state index contributed by atoms with van der Waals surface area (Å²) in [4.78, 5) is 0. The minimum atomic E-state index is 0.382. The molecular weight excluding hydrogens is 272 g/mol. The SMILES string of the molecule is N#CCCn1nc(-c2ccc(Br)o2)cc1N. The van der Waals surface area contributed by atoms with Crippen LogP contribution in [0.3, 0.4) is 0 Å². The first-order valence-electron chi connectivity index (χ1n) is 4.66. The molecule has 0 spiro atoms. The second-order valence-electron chi connectivity index (χ2n) is 3.19. The second kappa shape index (κ2) is 4.41. The number of nitrogens with zero attached hydrogens (tertiary/aromatic N) is 3. The molecule has 0 aliphatic carbocycles. The van der Waals surface area contributed by atoms with Crippen LogP contribution in [0.25, 0.3) is 11.5 Å². The summed E-state index contributed by atoms with van der Waals surface area (Å²) >= 11 is 3.22. The maximum absolute atomic E-state index is 8.49. The molecule has 0 amide bonds. The van der Waals surface area contributed by atoms with Gasteiger partial charge in [-0.3, -0.25) is 0 Å². The standard InChI is InChI=1S/C10H9BrN4O/c11-9-3-2-8(16-9)7-6-10(13)15(14-7)5-1-4-12/h2-3,6H,1,5,13H2. The average Bonchev–Trinajstić information content (AvgIpc) is 2.82. The van der Waals surface area contributed by atoms with Crippen LogP contribution >= 0.6 is 15.9 Å². The molecular formula is C10H9BrN4O. The highest BCUT2D eigenvalue weighted by Gasteiger charge is 2.10. The van der Waals surface area contributed by atoms with Gasteiger partial charge in [-0.2, -0.15) is 10.4 Å². The summed E-state index contributed by atoms with van der Waals surface area (Å²) in [6.07, 6.45) is 0.382. The quantitative estimate of drug-likeness (QED) is 0.936. The van der Waals surface area contributed by atoms with Gasteiger partial charge in [0.05, 0.1) is 19.0 Å². The van der Waals surface area contributed by atoms with Crippen LogP contribution in [0.1, 0.15) is 6.42 Å². The van der Waals surface area contributed by atoms with Crippen molar-refractivity contribution in [2.45, 2.75) is 13.0 Å². The van der Waals surface area contributed by atoms with Gasteiger partial charge in [-0.15, -0.1) is 0 Å². The molecule has 0 aromatic carbocycles. The van der Waals surface area contributed by atoms with Gasteiger partial charge in [-0.1, -0.05) is 0 Å². The number of hydrogen-bond donors (Lipinski definition) is 1. The van der Waals surface area contributed by atoms with E-state index in [9.17, 15) is 0 Å². The molecule has 0 aliphatic rings. The number of nitrogens with two attached hydrogens (primary N) is 1. The highest BCUT2D eigenvalue weighted by Crippen LogP contribution is 2.25. The van der Waals surface area contributed by atoms with E-state index in [1.807, 2.05) is 6.07 Å². The molecule has 0 saturated carbocycles. The highest BCUT2D eigenvalue weighted by molar-refractivity contribution is 9.10. The summed E-state index contributed by atoms with van der Waals surface area (Å²) in [7, 11) is 0. The summed E-state index contributed by atoms with van der Waals surface area (Å²) in [5, 5.41) is 12.7. The molecule has 0 unspecified atom stereocenters. The summed E-state index contributed by atoms with van der Waals surface area (Å²) < 4.78 is 7.60. The van der Waals surface area contributed by atoms with Gasteiger partial charge in [0.25, 0.3) is 0 Å². The number of nitrogen functional groups attached to an aromatic ring is 1. The minimum absolute atomic E-state index is 0.382. The molecule has 5 nitrogen and oxygen atoms in total. The lowest BCUT2D eigenvalue weighted by Gasteiger charge is -1.97. The van der Waals surface area contributed by atoms with Gasteiger partial charge >= 0.3 is 0 Å². The molecule has 0 saturated heterocycles. The van der Waals surface area contributed by atoms with Crippen molar-refractivity contribution < 1.29 is 4.42 Å². The van der Waals surface area contributed by atoms with Crippen LogP contribution < -0.4 is 5.73 Å². The molecule has 2 aromatic heterocycles. The number of rotatable bonds is 3. The van der Waals surface area contributed by atoms with Gasteiger partial charge in [0.1, 0.15) is 11.5 Å². The van der Waals surface area contributed by atoms with Crippen molar-refractivity contribution in [3.8, 4) is 17.5 Å². The van der Waals surface area contributed by atoms with Gasteiger partial charge in [0.15, 0.2) is 10.4 Å². The molecule has 16 heavy (non-hydrogen) atoms. The number of nitriles is 1. The van der Waals surface area contributed by atoms with Crippen molar-refractivity contribution in [1.82, 2.24) is 9.78 Å². The molecule has 6 heteroatoms. The topological polar surface area (TPSA) is 80.8 Å². The van der Waals surface area contributed by atoms with Crippen molar-refractivity contribution in [3.05, 3.63) is 22.9 Å². The Morgan fingerprint density at radius 1 is 1.56 bits per heavy atom. The Balaban J connectivity index is 2.27. The molecule has 2 N–H and O–H groups in total. The van der Waals surface area contributed by atoms with Crippen LogP contribution in [-0.2, 0) is 6.54 Å². The fourth-order valence-electron chi connectivity index (χ4n) is 1.34. The zero-order valence-corrected chi connectivity index (χ0v) is 9.94. The summed E-state index contributed by atoms with van der Waals surface area (Å²) in [6.45, 7) is 0.490. The maximum atomic E-state index is 8.49. The molecule has 2 aromatic rings. The Morgan fingerprint density at radius 3 is 3.00 bits per heavy atom. The highest BCUT2D eigenvalue weighted by atomic mass is 79.9. The summed E-state index contributed by atoms with van der Waals surface area (Å²) in [6, 6.07) is 7.37. The molecule has 0 bridgehead atoms. The molecule has 0 atom stereocenters. The van der Waals surface area contributed by atoms with E-state index in [0.717, 1.165) is 0 Å². The van der Waals surface area contributed by atoms with Crippen molar-refractivity contribution in [3.63, 3.8) is 0 Å². The third kappa shape index (κ3) is 2.09. The predicted molar refractivity (Wildman–Crippen MR) is 62.3 cm³/mol. The minimum Gasteiger partial charge on any atom is -0.448 e. The molecule has 0 fully saturated rings. The van der Waals surface area contributed by atoms with Crippen molar-refractivity contribution in [2.24, 2.45) is 0 Å². The van der Waals surface area contributed by atoms with Crippen LogP contribution in [0.15, 0.2) is 27.3 Å². The zero-order chi connectivity index (χ0) is 11.5. The number of anilines is 1. The molecule has 2 rings (SSSR count). The largest absolute Gasteiger partial charge is 0.448 e. The van der Waals surface area contributed by atoms with Gasteiger partial charge in [0.2, 0.25) is 0 Å². The second-order valence-corrected chi connectivity index (χ2v) is 3.97. The average molecular weight is 281 g/mol. The summed E-state index contributed by atoms with van der Waals surface area (Å²) in [5.74, 6) is 1.17. The monoisotopic (exact) mass is 280 g/mol. The van der Waals surface area contributed by atoms with Crippen LogP contribution in [0, 0.1) is 11.3 Å². The Morgan fingerprint density at radius 2 is 2.38 bits per heavy atom. The van der Waals surface area contributed by atoms with E-state index in [1.54, 1.807) is 22.9 Å². The number of furan rings is 1. The first kappa shape index (κ1) is 10.8. The Hall–Kier alpha value is -1.74. The first-order chi connectivity index (χ1) is 7.70. The Bertz CT molecular complexity index is 537. The van der Waals surface area contributed by atoms with E-state index in [4.69, 9.17) is 15.4 Å². The van der Waals surface area contributed by atoms with Crippen LogP contribution in [0.5, 0.6) is 0 Å². The number of aromatic nitrogens is 2. The van der Waals surface area contributed by atoms with Crippen LogP contribution in [0.4, 0.5) is 5.82 Å². The van der Waals surface area contributed by atoms with Crippen molar-refractivity contribution in [1.29, 1.82) is 5.26 Å². The lowest BCUT2D eigenvalue weighted by Crippen LogP contribution is -2.03. The van der Waals surface area contributed by atoms with Crippen LogP contribution in [-0.4, -0.2) is 9.78 Å². The fourth-order valence-corrected chi connectivity index (χ4v) is 1.65. The van der Waals surface area contributed by atoms with E-state index >= 15 is 0 Å². The van der Waals surface area contributed by atoms with Crippen LogP contribution in [0.2, 0.25) is 0 Å². The van der Waals surface area contributed by atoms with Gasteiger partial charge in [-0.25, -0.2) is 4.68 Å². The lowest BCUT2D eigenvalue weighted by atomic mass is 10.3. The Kier molecular flexibility index (Phi) is 2.97. The molecule has 0 aliphatic heterocycles. The van der Waals surface area contributed by atoms with E-state index in [0.29, 0.717) is 34.9 Å². The van der Waals surface area contributed by atoms with Gasteiger partial charge in [-0.05, 0) is 28.1 Å². The maximum Gasteiger partial charge on any atom is 0.169 e.